The predicted molar refractivity (Wildman–Crippen MR) is 110 cm³/mol. The highest BCUT2D eigenvalue weighted by molar-refractivity contribution is 5.86. The molecule has 0 radical (unpaired) electrons. The van der Waals surface area contributed by atoms with E-state index < -0.39 is 5.41 Å². The summed E-state index contributed by atoms with van der Waals surface area (Å²) in [6.45, 7) is 2.79. The van der Waals surface area contributed by atoms with Crippen LogP contribution in [-0.4, -0.2) is 67.3 Å². The Labute approximate surface area is 171 Å². The summed E-state index contributed by atoms with van der Waals surface area (Å²) in [5.41, 5.74) is 0.660. The molecule has 1 aromatic heterocycles. The minimum Gasteiger partial charge on any atom is -0.497 e. The summed E-state index contributed by atoms with van der Waals surface area (Å²) >= 11 is 0. The molecule has 1 amide bonds. The summed E-state index contributed by atoms with van der Waals surface area (Å²) in [6.07, 6.45) is 7.84. The van der Waals surface area contributed by atoms with Gasteiger partial charge in [0.1, 0.15) is 11.6 Å². The second-order valence-electron chi connectivity index (χ2n) is 7.96. The van der Waals surface area contributed by atoms with Crippen molar-refractivity contribution in [2.45, 2.75) is 25.4 Å². The number of amides is 1. The zero-order valence-electron chi connectivity index (χ0n) is 17.1. The van der Waals surface area contributed by atoms with Gasteiger partial charge in [-0.15, -0.1) is 0 Å². The van der Waals surface area contributed by atoms with Crippen molar-refractivity contribution in [1.29, 1.82) is 0 Å². The van der Waals surface area contributed by atoms with Crippen molar-refractivity contribution >= 4 is 11.7 Å². The van der Waals surface area contributed by atoms with Gasteiger partial charge in [-0.2, -0.15) is 0 Å². The van der Waals surface area contributed by atoms with Crippen LogP contribution in [0.15, 0.2) is 42.9 Å². The summed E-state index contributed by atoms with van der Waals surface area (Å²) < 4.78 is 10.8. The van der Waals surface area contributed by atoms with Gasteiger partial charge >= 0.3 is 0 Å². The summed E-state index contributed by atoms with van der Waals surface area (Å²) in [6, 6.07) is 8.01. The maximum Gasteiger partial charge on any atom is 0.232 e. The predicted octanol–water partition coefficient (Wildman–Crippen LogP) is 2.17. The first kappa shape index (κ1) is 19.6. The van der Waals surface area contributed by atoms with Crippen LogP contribution in [0.3, 0.4) is 0 Å². The zero-order valence-corrected chi connectivity index (χ0v) is 17.1. The Hall–Kier alpha value is -2.67. The molecule has 29 heavy (non-hydrogen) atoms. The van der Waals surface area contributed by atoms with Crippen LogP contribution in [0.5, 0.6) is 5.75 Å². The van der Waals surface area contributed by atoms with E-state index in [9.17, 15) is 4.79 Å². The fourth-order valence-corrected chi connectivity index (χ4v) is 4.43. The fraction of sp³-hybridized carbons (Fsp3) is 0.500. The highest BCUT2D eigenvalue weighted by Gasteiger charge is 2.51. The van der Waals surface area contributed by atoms with Crippen LogP contribution in [-0.2, 0) is 16.0 Å². The summed E-state index contributed by atoms with van der Waals surface area (Å²) in [5.74, 6) is 1.87. The number of hydrogen-bond donors (Lipinski definition) is 0. The molecule has 2 aliphatic rings. The molecule has 0 aliphatic carbocycles. The molecule has 4 rings (SSSR count). The molecule has 1 aromatic carbocycles. The quantitative estimate of drug-likeness (QED) is 0.746. The standard InChI is InChI=1S/C22H28N4O3/c1-28-18-6-10-25(11-7-18)21(27)22(13-17-4-3-5-19(12-17)29-2)15-26(16-22)20-14-23-8-9-24-20/h3-5,8-9,12,14,18H,6-7,10-11,13,15-16H2,1-2H3. The van der Waals surface area contributed by atoms with E-state index in [2.05, 4.69) is 20.9 Å². The number of piperidine rings is 1. The van der Waals surface area contributed by atoms with Crippen molar-refractivity contribution in [2.24, 2.45) is 5.41 Å². The number of anilines is 1. The number of aromatic nitrogens is 2. The summed E-state index contributed by atoms with van der Waals surface area (Å²) in [5, 5.41) is 0. The number of nitrogens with zero attached hydrogens (tertiary/aromatic N) is 4. The van der Waals surface area contributed by atoms with E-state index in [1.807, 2.05) is 23.1 Å². The first-order valence-corrected chi connectivity index (χ1v) is 10.1. The van der Waals surface area contributed by atoms with Crippen LogP contribution >= 0.6 is 0 Å². The lowest BCUT2D eigenvalue weighted by Gasteiger charge is -2.51. The lowest BCUT2D eigenvalue weighted by atomic mass is 9.73. The molecular formula is C22H28N4O3. The molecule has 7 heteroatoms. The van der Waals surface area contributed by atoms with Crippen molar-refractivity contribution in [3.63, 3.8) is 0 Å². The average molecular weight is 396 g/mol. The molecule has 7 nitrogen and oxygen atoms in total. The Kier molecular flexibility index (Phi) is 5.67. The van der Waals surface area contributed by atoms with Crippen molar-refractivity contribution in [3.8, 4) is 5.75 Å². The topological polar surface area (TPSA) is 67.8 Å². The number of carbonyl (C=O) groups is 1. The van der Waals surface area contributed by atoms with Crippen LogP contribution < -0.4 is 9.64 Å². The maximum absolute atomic E-state index is 13.6. The molecular weight excluding hydrogens is 368 g/mol. The molecule has 0 bridgehead atoms. The number of likely N-dealkylation sites (tertiary alicyclic amines) is 1. The van der Waals surface area contributed by atoms with Gasteiger partial charge < -0.3 is 19.3 Å². The fourth-order valence-electron chi connectivity index (χ4n) is 4.43. The van der Waals surface area contributed by atoms with Gasteiger partial charge in [0.2, 0.25) is 5.91 Å². The van der Waals surface area contributed by atoms with Gasteiger partial charge in [-0.3, -0.25) is 9.78 Å². The molecule has 0 spiro atoms. The van der Waals surface area contributed by atoms with Crippen LogP contribution in [0.25, 0.3) is 0 Å². The first-order valence-electron chi connectivity index (χ1n) is 10.1. The molecule has 0 atom stereocenters. The molecule has 2 fully saturated rings. The SMILES string of the molecule is COc1cccc(CC2(C(=O)N3CCC(OC)CC3)CN(c3cnccn3)C2)c1. The van der Waals surface area contributed by atoms with Crippen molar-refractivity contribution in [3.05, 3.63) is 48.4 Å². The Bertz CT molecular complexity index is 831. The van der Waals surface area contributed by atoms with Crippen molar-refractivity contribution in [1.82, 2.24) is 14.9 Å². The number of rotatable bonds is 6. The Morgan fingerprint density at radius 2 is 2.00 bits per heavy atom. The second kappa shape index (κ2) is 8.37. The van der Waals surface area contributed by atoms with Crippen LogP contribution in [0.4, 0.5) is 5.82 Å². The highest BCUT2D eigenvalue weighted by Crippen LogP contribution is 2.39. The molecule has 3 heterocycles. The van der Waals surface area contributed by atoms with Crippen molar-refractivity contribution in [2.75, 3.05) is 45.3 Å². The lowest BCUT2D eigenvalue weighted by Crippen LogP contribution is -2.66. The normalized spacial score (nSPS) is 19.0. The van der Waals surface area contributed by atoms with Crippen LogP contribution in [0.1, 0.15) is 18.4 Å². The number of hydrogen-bond acceptors (Lipinski definition) is 6. The molecule has 0 N–H and O–H groups in total. The van der Waals surface area contributed by atoms with E-state index in [-0.39, 0.29) is 12.0 Å². The second-order valence-corrected chi connectivity index (χ2v) is 7.96. The third kappa shape index (κ3) is 4.05. The van der Waals surface area contributed by atoms with E-state index >= 15 is 0 Å². The Morgan fingerprint density at radius 1 is 1.21 bits per heavy atom. The van der Waals surface area contributed by atoms with Gasteiger partial charge in [-0.05, 0) is 37.0 Å². The average Bonchev–Trinajstić information content (AvgIpc) is 2.76. The van der Waals surface area contributed by atoms with E-state index in [1.54, 1.807) is 32.8 Å². The number of carbonyl (C=O) groups excluding carboxylic acids is 1. The third-order valence-electron chi connectivity index (χ3n) is 6.05. The van der Waals surface area contributed by atoms with E-state index in [0.717, 1.165) is 43.1 Å². The highest BCUT2D eigenvalue weighted by atomic mass is 16.5. The molecule has 2 saturated heterocycles. The largest absolute Gasteiger partial charge is 0.497 e. The van der Waals surface area contributed by atoms with Gasteiger partial charge in [0.25, 0.3) is 0 Å². The van der Waals surface area contributed by atoms with Gasteiger partial charge in [-0.1, -0.05) is 12.1 Å². The van der Waals surface area contributed by atoms with E-state index in [0.29, 0.717) is 19.5 Å². The Balaban J connectivity index is 1.54. The van der Waals surface area contributed by atoms with Crippen LogP contribution in [0.2, 0.25) is 0 Å². The van der Waals surface area contributed by atoms with Gasteiger partial charge in [0.05, 0.1) is 24.8 Å². The van der Waals surface area contributed by atoms with Gasteiger partial charge in [0.15, 0.2) is 0 Å². The Morgan fingerprint density at radius 3 is 2.66 bits per heavy atom. The number of methoxy groups -OCH3 is 2. The maximum atomic E-state index is 13.6. The molecule has 0 saturated carbocycles. The van der Waals surface area contributed by atoms with Gasteiger partial charge in [-0.25, -0.2) is 4.98 Å². The van der Waals surface area contributed by atoms with E-state index in [1.165, 1.54) is 0 Å². The monoisotopic (exact) mass is 396 g/mol. The summed E-state index contributed by atoms with van der Waals surface area (Å²) in [4.78, 5) is 26.3. The minimum atomic E-state index is -0.455. The first-order chi connectivity index (χ1) is 14.1. The minimum absolute atomic E-state index is 0.231. The summed E-state index contributed by atoms with van der Waals surface area (Å²) in [7, 11) is 3.41. The smallest absolute Gasteiger partial charge is 0.232 e. The molecule has 0 unspecified atom stereocenters. The number of ether oxygens (including phenoxy) is 2. The van der Waals surface area contributed by atoms with E-state index in [4.69, 9.17) is 9.47 Å². The van der Waals surface area contributed by atoms with Crippen molar-refractivity contribution < 1.29 is 14.3 Å². The molecule has 154 valence electrons. The molecule has 2 aromatic rings. The third-order valence-corrected chi connectivity index (χ3v) is 6.05. The molecule has 2 aliphatic heterocycles. The zero-order chi connectivity index (χ0) is 20.3. The lowest BCUT2D eigenvalue weighted by molar-refractivity contribution is -0.146. The number of benzene rings is 1. The van der Waals surface area contributed by atoms with Crippen LogP contribution in [0, 0.1) is 5.41 Å². The van der Waals surface area contributed by atoms with Gasteiger partial charge in [0, 0.05) is 45.7 Å².